The number of benzene rings is 2. The number of hydrogen-bond donors (Lipinski definition) is 1. The first-order valence-corrected chi connectivity index (χ1v) is 10.7. The number of thiazole rings is 1. The van der Waals surface area contributed by atoms with Crippen molar-refractivity contribution in [2.75, 3.05) is 11.0 Å². The Morgan fingerprint density at radius 2 is 1.62 bits per heavy atom. The number of sulfonamides is 1. The molecular formula is C14H11FN2O4S3. The molecule has 0 radical (unpaired) electrons. The lowest BCUT2D eigenvalue weighted by atomic mass is 10.3. The summed E-state index contributed by atoms with van der Waals surface area (Å²) in [5.41, 5.74) is 0.476. The molecular weight excluding hydrogens is 375 g/mol. The van der Waals surface area contributed by atoms with Gasteiger partial charge in [0.1, 0.15) is 5.82 Å². The van der Waals surface area contributed by atoms with Crippen LogP contribution in [-0.2, 0) is 19.9 Å². The molecule has 0 unspecified atom stereocenters. The molecule has 1 heterocycles. The van der Waals surface area contributed by atoms with E-state index < -0.39 is 25.7 Å². The summed E-state index contributed by atoms with van der Waals surface area (Å²) in [5.74, 6) is -0.540. The van der Waals surface area contributed by atoms with E-state index in [0.717, 1.165) is 41.9 Å². The molecule has 0 spiro atoms. The number of hydrogen-bond acceptors (Lipinski definition) is 6. The van der Waals surface area contributed by atoms with Gasteiger partial charge in [0.2, 0.25) is 0 Å². The van der Waals surface area contributed by atoms with Gasteiger partial charge in [0.25, 0.3) is 10.0 Å². The summed E-state index contributed by atoms with van der Waals surface area (Å²) in [7, 11) is -7.27. The Morgan fingerprint density at radius 1 is 1.00 bits per heavy atom. The Balaban J connectivity index is 1.97. The van der Waals surface area contributed by atoms with E-state index in [0.29, 0.717) is 10.2 Å². The highest BCUT2D eigenvalue weighted by atomic mass is 32.2. The van der Waals surface area contributed by atoms with Gasteiger partial charge in [-0.2, -0.15) is 0 Å². The number of nitrogens with one attached hydrogen (secondary N) is 1. The first-order chi connectivity index (χ1) is 11.1. The van der Waals surface area contributed by atoms with Gasteiger partial charge < -0.3 is 0 Å². The van der Waals surface area contributed by atoms with Gasteiger partial charge in [-0.25, -0.2) is 26.2 Å². The number of aromatic nitrogens is 1. The third-order valence-electron chi connectivity index (χ3n) is 3.13. The van der Waals surface area contributed by atoms with Gasteiger partial charge in [-0.1, -0.05) is 11.3 Å². The Morgan fingerprint density at radius 3 is 2.25 bits per heavy atom. The lowest BCUT2D eigenvalue weighted by Gasteiger charge is -2.04. The molecule has 10 heteroatoms. The number of sulfone groups is 1. The van der Waals surface area contributed by atoms with E-state index in [2.05, 4.69) is 9.71 Å². The van der Waals surface area contributed by atoms with E-state index in [4.69, 9.17) is 0 Å². The van der Waals surface area contributed by atoms with E-state index in [-0.39, 0.29) is 14.9 Å². The fourth-order valence-electron chi connectivity index (χ4n) is 1.97. The third-order valence-corrected chi connectivity index (χ3v) is 6.66. The third kappa shape index (κ3) is 3.40. The predicted molar refractivity (Wildman–Crippen MR) is 89.9 cm³/mol. The van der Waals surface area contributed by atoms with Crippen LogP contribution in [0.2, 0.25) is 0 Å². The number of nitrogens with zero attached hydrogens (tertiary/aromatic N) is 1. The summed E-state index contributed by atoms with van der Waals surface area (Å²) in [6.07, 6.45) is 1.09. The number of fused-ring (bicyclic) bond motifs is 1. The van der Waals surface area contributed by atoms with Gasteiger partial charge >= 0.3 is 0 Å². The number of rotatable bonds is 4. The van der Waals surface area contributed by atoms with Crippen molar-refractivity contribution in [3.63, 3.8) is 0 Å². The molecule has 0 saturated carbocycles. The van der Waals surface area contributed by atoms with Gasteiger partial charge in [-0.15, -0.1) is 0 Å². The van der Waals surface area contributed by atoms with Crippen molar-refractivity contribution in [1.29, 1.82) is 0 Å². The average molecular weight is 386 g/mol. The van der Waals surface area contributed by atoms with E-state index in [9.17, 15) is 21.2 Å². The van der Waals surface area contributed by atoms with Crippen molar-refractivity contribution >= 4 is 46.5 Å². The Hall–Kier alpha value is -2.04. The molecule has 0 aliphatic heterocycles. The zero-order valence-corrected chi connectivity index (χ0v) is 14.7. The summed E-state index contributed by atoms with van der Waals surface area (Å²) >= 11 is 1.01. The maximum atomic E-state index is 12.9. The van der Waals surface area contributed by atoms with Crippen molar-refractivity contribution in [2.24, 2.45) is 0 Å². The smallest absolute Gasteiger partial charge is 0.255 e. The van der Waals surface area contributed by atoms with Crippen LogP contribution in [0.25, 0.3) is 10.2 Å². The number of anilines is 1. The lowest BCUT2D eigenvalue weighted by molar-refractivity contribution is 0.598. The molecule has 0 aliphatic rings. The zero-order chi connectivity index (χ0) is 17.5. The van der Waals surface area contributed by atoms with Crippen LogP contribution in [0, 0.1) is 5.82 Å². The molecule has 1 aromatic heterocycles. The van der Waals surface area contributed by atoms with Crippen molar-refractivity contribution in [2.45, 2.75) is 9.79 Å². The van der Waals surface area contributed by atoms with Gasteiger partial charge in [0, 0.05) is 6.26 Å². The van der Waals surface area contributed by atoms with Crippen molar-refractivity contribution in [3.8, 4) is 0 Å². The molecule has 0 fully saturated rings. The fraction of sp³-hybridized carbons (Fsp3) is 0.0714. The van der Waals surface area contributed by atoms with Crippen LogP contribution in [0.3, 0.4) is 0 Å². The van der Waals surface area contributed by atoms with Crippen molar-refractivity contribution in [3.05, 3.63) is 48.3 Å². The Labute approximate surface area is 141 Å². The summed E-state index contributed by atoms with van der Waals surface area (Å²) in [6.45, 7) is 0. The quantitative estimate of drug-likeness (QED) is 0.744. The van der Waals surface area contributed by atoms with Gasteiger partial charge in [-0.05, 0) is 42.5 Å². The monoisotopic (exact) mass is 386 g/mol. The highest BCUT2D eigenvalue weighted by Crippen LogP contribution is 2.29. The summed E-state index contributed by atoms with van der Waals surface area (Å²) in [6, 6.07) is 8.75. The fourth-order valence-corrected chi connectivity index (χ4v) is 4.83. The second kappa shape index (κ2) is 5.80. The van der Waals surface area contributed by atoms with Crippen LogP contribution in [0.4, 0.5) is 9.52 Å². The standard InChI is InChI=1S/C14H11FN2O4S3/c1-23(18,19)11-6-7-12-13(8-11)22-14(16-12)17-24(20,21)10-4-2-9(15)3-5-10/h2-8H,1H3,(H,16,17). The van der Waals surface area contributed by atoms with Gasteiger partial charge in [0.15, 0.2) is 15.0 Å². The molecule has 0 aliphatic carbocycles. The molecule has 126 valence electrons. The van der Waals surface area contributed by atoms with Crippen molar-refractivity contribution < 1.29 is 21.2 Å². The predicted octanol–water partition coefficient (Wildman–Crippen LogP) is 2.64. The van der Waals surface area contributed by atoms with Crippen LogP contribution in [0.1, 0.15) is 0 Å². The molecule has 3 rings (SSSR count). The molecule has 2 aromatic carbocycles. The minimum Gasteiger partial charge on any atom is -0.255 e. The highest BCUT2D eigenvalue weighted by molar-refractivity contribution is 7.93. The van der Waals surface area contributed by atoms with Gasteiger partial charge in [0.05, 0.1) is 20.0 Å². The van der Waals surface area contributed by atoms with Crippen LogP contribution in [0.15, 0.2) is 52.3 Å². The molecule has 0 bridgehead atoms. The van der Waals surface area contributed by atoms with Gasteiger partial charge in [-0.3, -0.25) is 4.72 Å². The van der Waals surface area contributed by atoms with Crippen LogP contribution < -0.4 is 4.72 Å². The number of halogens is 1. The van der Waals surface area contributed by atoms with E-state index >= 15 is 0 Å². The average Bonchev–Trinajstić information content (AvgIpc) is 2.87. The molecule has 1 N–H and O–H groups in total. The van der Waals surface area contributed by atoms with Crippen LogP contribution in [0.5, 0.6) is 0 Å². The van der Waals surface area contributed by atoms with Crippen molar-refractivity contribution in [1.82, 2.24) is 4.98 Å². The molecule has 0 amide bonds. The SMILES string of the molecule is CS(=O)(=O)c1ccc2nc(NS(=O)(=O)c3ccc(F)cc3)sc2c1. The Bertz CT molecular complexity index is 1120. The van der Waals surface area contributed by atoms with Crippen LogP contribution in [-0.4, -0.2) is 28.1 Å². The maximum Gasteiger partial charge on any atom is 0.263 e. The first-order valence-electron chi connectivity index (χ1n) is 6.54. The molecule has 24 heavy (non-hydrogen) atoms. The van der Waals surface area contributed by atoms with Crippen LogP contribution >= 0.6 is 11.3 Å². The molecule has 0 saturated heterocycles. The lowest BCUT2D eigenvalue weighted by Crippen LogP contribution is -2.12. The second-order valence-electron chi connectivity index (χ2n) is 4.98. The second-order valence-corrected chi connectivity index (χ2v) is 9.71. The summed E-state index contributed by atoms with van der Waals surface area (Å²) in [5, 5.41) is 0.0972. The topological polar surface area (TPSA) is 93.2 Å². The first kappa shape index (κ1) is 16.8. The summed E-state index contributed by atoms with van der Waals surface area (Å²) < 4.78 is 63.4. The normalized spacial score (nSPS) is 12.4. The summed E-state index contributed by atoms with van der Waals surface area (Å²) in [4.78, 5) is 4.16. The minimum atomic E-state index is -3.90. The maximum absolute atomic E-state index is 12.9. The van der Waals surface area contributed by atoms with E-state index in [1.807, 2.05) is 0 Å². The highest BCUT2D eigenvalue weighted by Gasteiger charge is 2.17. The molecule has 0 atom stereocenters. The Kier molecular flexibility index (Phi) is 4.06. The minimum absolute atomic E-state index is 0.0972. The van der Waals surface area contributed by atoms with E-state index in [1.54, 1.807) is 0 Å². The van der Waals surface area contributed by atoms with E-state index in [1.165, 1.54) is 18.2 Å². The largest absolute Gasteiger partial charge is 0.263 e. The molecule has 3 aromatic rings. The zero-order valence-electron chi connectivity index (χ0n) is 12.2. The molecule has 6 nitrogen and oxygen atoms in total.